The summed E-state index contributed by atoms with van der Waals surface area (Å²) >= 11 is 0. The smallest absolute Gasteiger partial charge is 0.399 e. The molecular formula is C20H32BNO5S. The second-order valence-electron chi connectivity index (χ2n) is 8.90. The van der Waals surface area contributed by atoms with Crippen LogP contribution in [-0.4, -0.2) is 45.2 Å². The maximum atomic E-state index is 12.6. The van der Waals surface area contributed by atoms with Crippen LogP contribution in [0.5, 0.6) is 0 Å². The Hall–Kier alpha value is -0.925. The summed E-state index contributed by atoms with van der Waals surface area (Å²) in [6.45, 7) is 13.4. The molecule has 28 heavy (non-hydrogen) atoms. The third-order valence-electron chi connectivity index (χ3n) is 6.30. The maximum Gasteiger partial charge on any atom is 0.494 e. The van der Waals surface area contributed by atoms with Gasteiger partial charge >= 0.3 is 7.12 Å². The van der Waals surface area contributed by atoms with Gasteiger partial charge in [0.05, 0.1) is 16.5 Å². The molecule has 0 saturated carbocycles. The topological polar surface area (TPSA) is 73.9 Å². The molecule has 0 radical (unpaired) electrons. The van der Waals surface area contributed by atoms with Crippen LogP contribution in [0, 0.1) is 13.8 Å². The van der Waals surface area contributed by atoms with Crippen LogP contribution in [0.25, 0.3) is 0 Å². The number of aryl methyl sites for hydroxylation is 2. The van der Waals surface area contributed by atoms with Crippen molar-refractivity contribution in [2.24, 2.45) is 0 Å². The average Bonchev–Trinajstić information content (AvgIpc) is 2.82. The maximum absolute atomic E-state index is 12.6. The molecule has 0 spiro atoms. The van der Waals surface area contributed by atoms with Crippen molar-refractivity contribution in [2.45, 2.75) is 77.4 Å². The second-order valence-corrected chi connectivity index (χ2v) is 10.9. The summed E-state index contributed by atoms with van der Waals surface area (Å²) in [7, 11) is -3.77. The largest absolute Gasteiger partial charge is 0.494 e. The first-order chi connectivity index (χ1) is 12.9. The standard InChI is InChI=1S/C20H32BNO5S/c1-14-11-16(21-26-19(3,4)20(5,6)27-21)12-15(2)18(14)13-22-28(23,24)17-7-9-25-10-8-17/h11-12,17,22H,7-10,13H2,1-6H3. The van der Waals surface area contributed by atoms with Gasteiger partial charge in [0.2, 0.25) is 10.0 Å². The predicted molar refractivity (Wildman–Crippen MR) is 111 cm³/mol. The first-order valence-electron chi connectivity index (χ1n) is 9.95. The third kappa shape index (κ3) is 4.31. The van der Waals surface area contributed by atoms with Crippen molar-refractivity contribution in [2.75, 3.05) is 13.2 Å². The molecule has 0 atom stereocenters. The van der Waals surface area contributed by atoms with E-state index in [0.717, 1.165) is 22.2 Å². The van der Waals surface area contributed by atoms with Crippen LogP contribution in [0.2, 0.25) is 0 Å². The zero-order valence-corrected chi connectivity index (χ0v) is 18.6. The SMILES string of the molecule is Cc1cc(B2OC(C)(C)C(C)(C)O2)cc(C)c1CNS(=O)(=O)C1CCOCC1. The second kappa shape index (κ2) is 7.72. The highest BCUT2D eigenvalue weighted by Gasteiger charge is 2.51. The molecule has 3 rings (SSSR count). The Morgan fingerprint density at radius 3 is 2.04 bits per heavy atom. The third-order valence-corrected chi connectivity index (χ3v) is 8.20. The van der Waals surface area contributed by atoms with E-state index in [2.05, 4.69) is 4.72 Å². The molecule has 1 aromatic carbocycles. The van der Waals surface area contributed by atoms with Gasteiger partial charge in [-0.2, -0.15) is 0 Å². The summed E-state index contributed by atoms with van der Waals surface area (Å²) in [6, 6.07) is 4.07. The Labute approximate surface area is 169 Å². The summed E-state index contributed by atoms with van der Waals surface area (Å²) < 4.78 is 45.6. The molecule has 2 fully saturated rings. The number of ether oxygens (including phenoxy) is 1. The van der Waals surface area contributed by atoms with Gasteiger partial charge in [-0.3, -0.25) is 0 Å². The normalized spacial score (nSPS) is 22.6. The minimum Gasteiger partial charge on any atom is -0.399 e. The summed E-state index contributed by atoms with van der Waals surface area (Å²) in [5, 5.41) is -0.370. The molecule has 2 saturated heterocycles. The van der Waals surface area contributed by atoms with Gasteiger partial charge in [0.15, 0.2) is 0 Å². The highest BCUT2D eigenvalue weighted by Crippen LogP contribution is 2.36. The van der Waals surface area contributed by atoms with Gasteiger partial charge < -0.3 is 14.0 Å². The van der Waals surface area contributed by atoms with Crippen LogP contribution in [-0.2, 0) is 30.6 Å². The Morgan fingerprint density at radius 2 is 1.54 bits per heavy atom. The van der Waals surface area contributed by atoms with Gasteiger partial charge in [0.1, 0.15) is 0 Å². The van der Waals surface area contributed by atoms with E-state index < -0.39 is 28.3 Å². The lowest BCUT2D eigenvalue weighted by atomic mass is 9.76. The lowest BCUT2D eigenvalue weighted by Gasteiger charge is -2.32. The number of nitrogens with one attached hydrogen (secondary N) is 1. The zero-order valence-electron chi connectivity index (χ0n) is 17.8. The molecule has 0 aromatic heterocycles. The average molecular weight is 409 g/mol. The van der Waals surface area contributed by atoms with Crippen molar-refractivity contribution in [1.82, 2.24) is 4.72 Å². The van der Waals surface area contributed by atoms with Crippen molar-refractivity contribution < 1.29 is 22.5 Å². The molecule has 1 N–H and O–H groups in total. The minimum absolute atomic E-state index is 0.293. The number of hydrogen-bond acceptors (Lipinski definition) is 5. The summed E-state index contributed by atoms with van der Waals surface area (Å²) in [4.78, 5) is 0. The quantitative estimate of drug-likeness (QED) is 0.755. The predicted octanol–water partition coefficient (Wildman–Crippen LogP) is 2.20. The Kier molecular flexibility index (Phi) is 6.01. The van der Waals surface area contributed by atoms with E-state index in [4.69, 9.17) is 14.0 Å². The Morgan fingerprint density at radius 1 is 1.04 bits per heavy atom. The van der Waals surface area contributed by atoms with E-state index in [1.54, 1.807) is 0 Å². The molecule has 1 aromatic rings. The zero-order chi connectivity index (χ0) is 20.7. The molecule has 8 heteroatoms. The molecule has 2 aliphatic rings. The fraction of sp³-hybridized carbons (Fsp3) is 0.700. The molecule has 0 unspecified atom stereocenters. The molecule has 2 heterocycles. The number of hydrogen-bond donors (Lipinski definition) is 1. The Bertz CT molecular complexity index is 792. The van der Waals surface area contributed by atoms with Gasteiger partial charge in [0.25, 0.3) is 0 Å². The van der Waals surface area contributed by atoms with Crippen molar-refractivity contribution in [1.29, 1.82) is 0 Å². The fourth-order valence-corrected chi connectivity index (χ4v) is 5.09. The first-order valence-corrected chi connectivity index (χ1v) is 11.5. The monoisotopic (exact) mass is 409 g/mol. The van der Waals surface area contributed by atoms with Crippen LogP contribution in [0.15, 0.2) is 12.1 Å². The number of rotatable bonds is 5. The molecular weight excluding hydrogens is 377 g/mol. The lowest BCUT2D eigenvalue weighted by molar-refractivity contribution is 0.00578. The summed E-state index contributed by atoms with van der Waals surface area (Å²) in [5.74, 6) is 0. The lowest BCUT2D eigenvalue weighted by Crippen LogP contribution is -2.41. The van der Waals surface area contributed by atoms with Gasteiger partial charge in [-0.15, -0.1) is 0 Å². The number of sulfonamides is 1. The van der Waals surface area contributed by atoms with Crippen LogP contribution in [0.4, 0.5) is 0 Å². The molecule has 156 valence electrons. The van der Waals surface area contributed by atoms with E-state index in [-0.39, 0.29) is 5.25 Å². The van der Waals surface area contributed by atoms with Crippen molar-refractivity contribution in [3.05, 3.63) is 28.8 Å². The molecule has 2 aliphatic heterocycles. The van der Waals surface area contributed by atoms with Crippen LogP contribution in [0.3, 0.4) is 0 Å². The van der Waals surface area contributed by atoms with Gasteiger partial charge in [-0.1, -0.05) is 12.1 Å². The Balaban J connectivity index is 1.74. The molecule has 0 amide bonds. The van der Waals surface area contributed by atoms with Gasteiger partial charge in [0, 0.05) is 19.8 Å². The highest BCUT2D eigenvalue weighted by molar-refractivity contribution is 7.90. The summed E-state index contributed by atoms with van der Waals surface area (Å²) in [6.07, 6.45) is 1.10. The minimum atomic E-state index is -3.35. The highest BCUT2D eigenvalue weighted by atomic mass is 32.2. The summed E-state index contributed by atoms with van der Waals surface area (Å²) in [5.41, 5.74) is 3.23. The van der Waals surface area contributed by atoms with E-state index in [0.29, 0.717) is 32.6 Å². The fourth-order valence-electron chi connectivity index (χ4n) is 3.70. The molecule has 0 bridgehead atoms. The van der Waals surface area contributed by atoms with Crippen LogP contribution in [0.1, 0.15) is 57.2 Å². The first kappa shape index (κ1) is 21.8. The van der Waals surface area contributed by atoms with E-state index in [1.807, 2.05) is 53.7 Å². The number of benzene rings is 1. The van der Waals surface area contributed by atoms with Gasteiger partial charge in [-0.05, 0) is 76.5 Å². The van der Waals surface area contributed by atoms with Crippen molar-refractivity contribution >= 4 is 22.6 Å². The molecule has 0 aliphatic carbocycles. The van der Waals surface area contributed by atoms with Crippen molar-refractivity contribution in [3.63, 3.8) is 0 Å². The van der Waals surface area contributed by atoms with E-state index >= 15 is 0 Å². The van der Waals surface area contributed by atoms with Gasteiger partial charge in [-0.25, -0.2) is 13.1 Å². The van der Waals surface area contributed by atoms with Crippen LogP contribution < -0.4 is 10.2 Å². The van der Waals surface area contributed by atoms with Crippen LogP contribution >= 0.6 is 0 Å². The molecule has 6 nitrogen and oxygen atoms in total. The van der Waals surface area contributed by atoms with E-state index in [9.17, 15) is 8.42 Å². The van der Waals surface area contributed by atoms with Crippen molar-refractivity contribution in [3.8, 4) is 0 Å². The van der Waals surface area contributed by atoms with E-state index in [1.165, 1.54) is 0 Å².